The van der Waals surface area contributed by atoms with Crippen molar-refractivity contribution in [2.24, 2.45) is 0 Å². The van der Waals surface area contributed by atoms with E-state index in [-0.39, 0.29) is 23.8 Å². The Morgan fingerprint density at radius 2 is 2.08 bits per heavy atom. The highest BCUT2D eigenvalue weighted by Crippen LogP contribution is 2.21. The Hall–Kier alpha value is -2.16. The average molecular weight is 366 g/mol. The molecule has 0 radical (unpaired) electrons. The first-order chi connectivity index (χ1) is 11.8. The molecule has 2 aromatic rings. The molecule has 3 N–H and O–H groups in total. The van der Waals surface area contributed by atoms with Crippen molar-refractivity contribution in [1.82, 2.24) is 4.72 Å². The second kappa shape index (κ2) is 8.28. The summed E-state index contributed by atoms with van der Waals surface area (Å²) in [5.41, 5.74) is 1.68. The van der Waals surface area contributed by atoms with Crippen LogP contribution in [0, 0.1) is 6.92 Å². The minimum absolute atomic E-state index is 0.0858. The maximum Gasteiger partial charge on any atom is 0.240 e. The minimum atomic E-state index is -3.70. The van der Waals surface area contributed by atoms with E-state index >= 15 is 0 Å². The molecule has 1 heterocycles. The fourth-order valence-electron chi connectivity index (χ4n) is 2.32. The summed E-state index contributed by atoms with van der Waals surface area (Å²) in [5.74, 6) is -0.138. The molecule has 0 aliphatic rings. The normalized spacial score (nSPS) is 12.8. The lowest BCUT2D eigenvalue weighted by atomic mass is 10.1. The zero-order valence-corrected chi connectivity index (χ0v) is 15.0. The molecule has 1 unspecified atom stereocenters. The number of carbonyl (C=O) groups excluding carboxylic acids is 1. The van der Waals surface area contributed by atoms with Crippen molar-refractivity contribution >= 4 is 21.6 Å². The summed E-state index contributed by atoms with van der Waals surface area (Å²) in [5, 5.41) is 12.6. The number of aliphatic hydroxyl groups excluding tert-OH is 1. The lowest BCUT2D eigenvalue weighted by molar-refractivity contribution is -0.115. The molecule has 1 atom stereocenters. The van der Waals surface area contributed by atoms with Gasteiger partial charge in [0.2, 0.25) is 15.9 Å². The van der Waals surface area contributed by atoms with Crippen LogP contribution in [0.2, 0.25) is 0 Å². The number of anilines is 1. The van der Waals surface area contributed by atoms with Crippen LogP contribution < -0.4 is 10.0 Å². The molecule has 0 fully saturated rings. The highest BCUT2D eigenvalue weighted by Gasteiger charge is 2.18. The number of carbonyl (C=O) groups is 1. The van der Waals surface area contributed by atoms with Crippen LogP contribution in [-0.4, -0.2) is 26.0 Å². The van der Waals surface area contributed by atoms with E-state index in [0.29, 0.717) is 23.2 Å². The Bertz CT molecular complexity index is 816. The van der Waals surface area contributed by atoms with Gasteiger partial charge in [-0.15, -0.1) is 0 Å². The second-order valence-corrected chi connectivity index (χ2v) is 7.38. The number of rotatable bonds is 8. The van der Waals surface area contributed by atoms with E-state index in [0.717, 1.165) is 0 Å². The van der Waals surface area contributed by atoms with Crippen molar-refractivity contribution in [3.63, 3.8) is 0 Å². The standard InChI is InChI=1S/C17H22N2O5S/c1-3-17(21)19-14-4-5-16(12(2)10-14)25(22,23)18-8-6-15(20)13-7-9-24-11-13/h4-5,7,9-11,15,18,20H,3,6,8H2,1-2H3,(H,19,21). The second-order valence-electron chi connectivity index (χ2n) is 5.64. The number of aliphatic hydroxyl groups is 1. The molecular formula is C17H22N2O5S. The fourth-order valence-corrected chi connectivity index (χ4v) is 3.59. The molecular weight excluding hydrogens is 344 g/mol. The molecule has 0 spiro atoms. The van der Waals surface area contributed by atoms with Crippen LogP contribution in [0.3, 0.4) is 0 Å². The SMILES string of the molecule is CCC(=O)Nc1ccc(S(=O)(=O)NCCC(O)c2ccoc2)c(C)c1. The van der Waals surface area contributed by atoms with E-state index in [4.69, 9.17) is 4.42 Å². The van der Waals surface area contributed by atoms with Gasteiger partial charge in [0.15, 0.2) is 0 Å². The van der Waals surface area contributed by atoms with Gasteiger partial charge >= 0.3 is 0 Å². The van der Waals surface area contributed by atoms with E-state index in [1.54, 1.807) is 32.0 Å². The number of nitrogens with one attached hydrogen (secondary N) is 2. The molecule has 0 saturated heterocycles. The quantitative estimate of drug-likeness (QED) is 0.664. The summed E-state index contributed by atoms with van der Waals surface area (Å²) in [4.78, 5) is 11.5. The third-order valence-electron chi connectivity index (χ3n) is 3.71. The Kier molecular flexibility index (Phi) is 6.35. The number of furan rings is 1. The predicted molar refractivity (Wildman–Crippen MR) is 93.6 cm³/mol. The van der Waals surface area contributed by atoms with Crippen molar-refractivity contribution < 1.29 is 22.7 Å². The lowest BCUT2D eigenvalue weighted by Gasteiger charge is -2.13. The van der Waals surface area contributed by atoms with Crippen molar-refractivity contribution in [3.05, 3.63) is 47.9 Å². The lowest BCUT2D eigenvalue weighted by Crippen LogP contribution is -2.26. The van der Waals surface area contributed by atoms with E-state index in [1.807, 2.05) is 0 Å². The van der Waals surface area contributed by atoms with E-state index in [2.05, 4.69) is 10.0 Å². The minimum Gasteiger partial charge on any atom is -0.472 e. The van der Waals surface area contributed by atoms with Crippen LogP contribution in [0.5, 0.6) is 0 Å². The molecule has 136 valence electrons. The molecule has 0 aliphatic heterocycles. The van der Waals surface area contributed by atoms with Gasteiger partial charge in [0, 0.05) is 24.2 Å². The molecule has 25 heavy (non-hydrogen) atoms. The highest BCUT2D eigenvalue weighted by molar-refractivity contribution is 7.89. The molecule has 0 aliphatic carbocycles. The van der Waals surface area contributed by atoms with Gasteiger partial charge in [-0.05, 0) is 43.2 Å². The predicted octanol–water partition coefficient (Wildman–Crippen LogP) is 2.34. The first-order valence-electron chi connectivity index (χ1n) is 7.94. The summed E-state index contributed by atoms with van der Waals surface area (Å²) in [6.07, 6.45) is 2.65. The Morgan fingerprint density at radius 1 is 1.32 bits per heavy atom. The maximum atomic E-state index is 12.4. The zero-order chi connectivity index (χ0) is 18.4. The van der Waals surface area contributed by atoms with E-state index < -0.39 is 16.1 Å². The van der Waals surface area contributed by atoms with Gasteiger partial charge in [0.25, 0.3) is 0 Å². The van der Waals surface area contributed by atoms with Gasteiger partial charge in [-0.3, -0.25) is 4.79 Å². The highest BCUT2D eigenvalue weighted by atomic mass is 32.2. The summed E-state index contributed by atoms with van der Waals surface area (Å²) < 4.78 is 32.2. The van der Waals surface area contributed by atoms with Gasteiger partial charge in [-0.1, -0.05) is 6.92 Å². The number of sulfonamides is 1. The van der Waals surface area contributed by atoms with Gasteiger partial charge in [-0.2, -0.15) is 0 Å². The molecule has 1 aromatic heterocycles. The summed E-state index contributed by atoms with van der Waals surface area (Å²) >= 11 is 0. The first kappa shape index (κ1) is 19.2. The summed E-state index contributed by atoms with van der Waals surface area (Å²) in [7, 11) is -3.70. The van der Waals surface area contributed by atoms with Crippen LogP contribution in [0.25, 0.3) is 0 Å². The monoisotopic (exact) mass is 366 g/mol. The van der Waals surface area contributed by atoms with Gasteiger partial charge in [0.05, 0.1) is 23.5 Å². The first-order valence-corrected chi connectivity index (χ1v) is 9.42. The van der Waals surface area contributed by atoms with Gasteiger partial charge in [0.1, 0.15) is 0 Å². The number of aryl methyl sites for hydroxylation is 1. The Balaban J connectivity index is 2.00. The van der Waals surface area contributed by atoms with Crippen LogP contribution in [0.1, 0.15) is 37.0 Å². The third-order valence-corrected chi connectivity index (χ3v) is 5.33. The molecule has 1 amide bonds. The van der Waals surface area contributed by atoms with Crippen LogP contribution in [-0.2, 0) is 14.8 Å². The molecule has 7 nitrogen and oxygen atoms in total. The van der Waals surface area contributed by atoms with Crippen LogP contribution >= 0.6 is 0 Å². The summed E-state index contributed by atoms with van der Waals surface area (Å²) in [6.45, 7) is 3.49. The number of hydrogen-bond acceptors (Lipinski definition) is 5. The van der Waals surface area contributed by atoms with Gasteiger partial charge in [-0.25, -0.2) is 13.1 Å². The van der Waals surface area contributed by atoms with Crippen LogP contribution in [0.15, 0.2) is 46.1 Å². The van der Waals surface area contributed by atoms with Gasteiger partial charge < -0.3 is 14.8 Å². The Labute approximate surface area is 147 Å². The zero-order valence-electron chi connectivity index (χ0n) is 14.2. The maximum absolute atomic E-state index is 12.4. The van der Waals surface area contributed by atoms with Crippen molar-refractivity contribution in [2.45, 2.75) is 37.7 Å². The van der Waals surface area contributed by atoms with Crippen molar-refractivity contribution in [1.29, 1.82) is 0 Å². The fraction of sp³-hybridized carbons (Fsp3) is 0.353. The van der Waals surface area contributed by atoms with Crippen molar-refractivity contribution in [2.75, 3.05) is 11.9 Å². The Morgan fingerprint density at radius 3 is 2.68 bits per heavy atom. The number of benzene rings is 1. The van der Waals surface area contributed by atoms with E-state index in [9.17, 15) is 18.3 Å². The van der Waals surface area contributed by atoms with Crippen LogP contribution in [0.4, 0.5) is 5.69 Å². The molecule has 2 rings (SSSR count). The van der Waals surface area contributed by atoms with Crippen molar-refractivity contribution in [3.8, 4) is 0 Å². The molecule has 8 heteroatoms. The summed E-state index contributed by atoms with van der Waals surface area (Å²) in [6, 6.07) is 6.25. The molecule has 1 aromatic carbocycles. The molecule has 0 saturated carbocycles. The topological polar surface area (TPSA) is 109 Å². The number of amides is 1. The number of hydrogen-bond donors (Lipinski definition) is 3. The largest absolute Gasteiger partial charge is 0.472 e. The average Bonchev–Trinajstić information content (AvgIpc) is 3.08. The third kappa shape index (κ3) is 5.15. The smallest absolute Gasteiger partial charge is 0.240 e. The van der Waals surface area contributed by atoms with E-state index in [1.165, 1.54) is 18.6 Å². The molecule has 0 bridgehead atoms.